The smallest absolute Gasteiger partial charge is 0.371 e. The Kier molecular flexibility index (Phi) is 4.42. The van der Waals surface area contributed by atoms with E-state index in [2.05, 4.69) is 5.32 Å². The van der Waals surface area contributed by atoms with Crippen LogP contribution in [-0.2, 0) is 4.79 Å². The number of carboxylic acids is 1. The number of rotatable bonds is 5. The molecule has 110 valence electrons. The van der Waals surface area contributed by atoms with Gasteiger partial charge in [-0.3, -0.25) is 4.79 Å². The molecule has 0 bridgehead atoms. The summed E-state index contributed by atoms with van der Waals surface area (Å²) in [6.07, 6.45) is 1.25. The number of aryl methyl sites for hydroxylation is 1. The lowest BCUT2D eigenvalue weighted by Crippen LogP contribution is -2.10. The van der Waals surface area contributed by atoms with Crippen LogP contribution in [0.1, 0.15) is 35.9 Å². The van der Waals surface area contributed by atoms with Crippen molar-refractivity contribution >= 4 is 17.6 Å². The van der Waals surface area contributed by atoms with E-state index in [1.54, 1.807) is 12.1 Å². The van der Waals surface area contributed by atoms with Crippen molar-refractivity contribution in [2.75, 3.05) is 5.32 Å². The summed E-state index contributed by atoms with van der Waals surface area (Å²) in [4.78, 5) is 22.5. The fourth-order valence-corrected chi connectivity index (χ4v) is 2.01. The number of carbonyl (C=O) groups is 2. The van der Waals surface area contributed by atoms with Crippen molar-refractivity contribution in [1.29, 1.82) is 0 Å². The highest BCUT2D eigenvalue weighted by Crippen LogP contribution is 2.28. The van der Waals surface area contributed by atoms with Crippen LogP contribution in [-0.4, -0.2) is 17.0 Å². The molecule has 1 aromatic heterocycles. The van der Waals surface area contributed by atoms with E-state index < -0.39 is 5.97 Å². The standard InChI is InChI=1S/C16H17NO4/c1-3-4-15(18)17-11-6-5-10(2)12(9-11)13-7-8-14(21-13)16(19)20/h5-9H,3-4H2,1-2H3,(H,17,18)(H,19,20). The summed E-state index contributed by atoms with van der Waals surface area (Å²) in [5.74, 6) is -0.786. The van der Waals surface area contributed by atoms with E-state index in [0.717, 1.165) is 17.5 Å². The molecule has 0 aliphatic rings. The van der Waals surface area contributed by atoms with Gasteiger partial charge in [-0.1, -0.05) is 13.0 Å². The molecule has 2 aromatic rings. The molecule has 21 heavy (non-hydrogen) atoms. The van der Waals surface area contributed by atoms with Crippen molar-refractivity contribution in [3.63, 3.8) is 0 Å². The van der Waals surface area contributed by atoms with E-state index >= 15 is 0 Å². The number of hydrogen-bond acceptors (Lipinski definition) is 3. The maximum absolute atomic E-state index is 11.6. The Morgan fingerprint density at radius 3 is 2.62 bits per heavy atom. The van der Waals surface area contributed by atoms with Gasteiger partial charge in [0.15, 0.2) is 0 Å². The first-order valence-electron chi connectivity index (χ1n) is 6.75. The average molecular weight is 287 g/mol. The number of aromatic carboxylic acids is 1. The highest BCUT2D eigenvalue weighted by molar-refractivity contribution is 5.91. The van der Waals surface area contributed by atoms with E-state index in [0.29, 0.717) is 17.9 Å². The second-order valence-corrected chi connectivity index (χ2v) is 4.80. The molecule has 1 amide bonds. The minimum absolute atomic E-state index is 0.0435. The van der Waals surface area contributed by atoms with E-state index in [1.807, 2.05) is 26.0 Å². The number of carboxylic acid groups (broad SMARTS) is 1. The number of furan rings is 1. The van der Waals surface area contributed by atoms with Crippen molar-refractivity contribution in [3.05, 3.63) is 41.7 Å². The van der Waals surface area contributed by atoms with E-state index in [9.17, 15) is 9.59 Å². The lowest BCUT2D eigenvalue weighted by atomic mass is 10.1. The van der Waals surface area contributed by atoms with Crippen LogP contribution in [0.4, 0.5) is 5.69 Å². The van der Waals surface area contributed by atoms with Crippen LogP contribution in [0, 0.1) is 6.92 Å². The third kappa shape index (κ3) is 3.51. The largest absolute Gasteiger partial charge is 0.475 e. The molecule has 0 atom stereocenters. The number of carbonyl (C=O) groups excluding carboxylic acids is 1. The van der Waals surface area contributed by atoms with Gasteiger partial charge in [-0.25, -0.2) is 4.79 Å². The van der Waals surface area contributed by atoms with Gasteiger partial charge in [0.05, 0.1) is 0 Å². The maximum Gasteiger partial charge on any atom is 0.371 e. The minimum atomic E-state index is -1.11. The molecular weight excluding hydrogens is 270 g/mol. The summed E-state index contributed by atoms with van der Waals surface area (Å²) in [6.45, 7) is 3.84. The van der Waals surface area contributed by atoms with Crippen LogP contribution in [0.5, 0.6) is 0 Å². The second kappa shape index (κ2) is 6.26. The molecule has 0 saturated carbocycles. The Hall–Kier alpha value is -2.56. The van der Waals surface area contributed by atoms with Gasteiger partial charge in [0.2, 0.25) is 11.7 Å². The highest BCUT2D eigenvalue weighted by atomic mass is 16.4. The molecule has 0 spiro atoms. The van der Waals surface area contributed by atoms with Gasteiger partial charge in [0, 0.05) is 17.7 Å². The van der Waals surface area contributed by atoms with Gasteiger partial charge in [-0.2, -0.15) is 0 Å². The molecule has 0 unspecified atom stereocenters. The monoisotopic (exact) mass is 287 g/mol. The molecule has 0 saturated heterocycles. The summed E-state index contributed by atoms with van der Waals surface area (Å²) < 4.78 is 5.31. The lowest BCUT2D eigenvalue weighted by molar-refractivity contribution is -0.116. The number of anilines is 1. The summed E-state index contributed by atoms with van der Waals surface area (Å²) in [5, 5.41) is 11.7. The number of nitrogens with one attached hydrogen (secondary N) is 1. The molecule has 2 rings (SSSR count). The van der Waals surface area contributed by atoms with Crippen LogP contribution in [0.3, 0.4) is 0 Å². The highest BCUT2D eigenvalue weighted by Gasteiger charge is 2.13. The van der Waals surface area contributed by atoms with Crippen molar-refractivity contribution in [3.8, 4) is 11.3 Å². The predicted molar refractivity (Wildman–Crippen MR) is 79.4 cm³/mol. The summed E-state index contributed by atoms with van der Waals surface area (Å²) in [5.41, 5.74) is 2.37. The fraction of sp³-hybridized carbons (Fsp3) is 0.250. The zero-order valence-corrected chi connectivity index (χ0v) is 12.0. The first-order chi connectivity index (χ1) is 10.0. The molecule has 0 fully saturated rings. The molecule has 0 aliphatic heterocycles. The molecule has 1 heterocycles. The quantitative estimate of drug-likeness (QED) is 0.878. The third-order valence-corrected chi connectivity index (χ3v) is 3.08. The number of amides is 1. The molecule has 5 heteroatoms. The Morgan fingerprint density at radius 2 is 2.00 bits per heavy atom. The fourth-order valence-electron chi connectivity index (χ4n) is 2.01. The second-order valence-electron chi connectivity index (χ2n) is 4.80. The van der Waals surface area contributed by atoms with E-state index in [-0.39, 0.29) is 11.7 Å². The van der Waals surface area contributed by atoms with Crippen LogP contribution in [0.25, 0.3) is 11.3 Å². The Bertz CT molecular complexity index is 673. The van der Waals surface area contributed by atoms with Crippen molar-refractivity contribution in [1.82, 2.24) is 0 Å². The van der Waals surface area contributed by atoms with E-state index in [1.165, 1.54) is 6.07 Å². The Morgan fingerprint density at radius 1 is 1.24 bits per heavy atom. The van der Waals surface area contributed by atoms with Crippen molar-refractivity contribution in [2.24, 2.45) is 0 Å². The van der Waals surface area contributed by atoms with Gasteiger partial charge in [0.1, 0.15) is 5.76 Å². The van der Waals surface area contributed by atoms with Crippen LogP contribution >= 0.6 is 0 Å². The Labute approximate surface area is 122 Å². The van der Waals surface area contributed by atoms with Crippen LogP contribution < -0.4 is 5.32 Å². The van der Waals surface area contributed by atoms with Gasteiger partial charge in [-0.05, 0) is 43.2 Å². The average Bonchev–Trinajstić information content (AvgIpc) is 2.91. The first-order valence-corrected chi connectivity index (χ1v) is 6.75. The van der Waals surface area contributed by atoms with Crippen molar-refractivity contribution < 1.29 is 19.1 Å². The number of benzene rings is 1. The minimum Gasteiger partial charge on any atom is -0.475 e. The zero-order chi connectivity index (χ0) is 15.4. The van der Waals surface area contributed by atoms with E-state index in [4.69, 9.17) is 9.52 Å². The topological polar surface area (TPSA) is 79.5 Å². The zero-order valence-electron chi connectivity index (χ0n) is 12.0. The molecular formula is C16H17NO4. The molecule has 2 N–H and O–H groups in total. The van der Waals surface area contributed by atoms with Gasteiger partial charge in [-0.15, -0.1) is 0 Å². The van der Waals surface area contributed by atoms with Gasteiger partial charge >= 0.3 is 5.97 Å². The lowest BCUT2D eigenvalue weighted by Gasteiger charge is -2.08. The number of hydrogen-bond donors (Lipinski definition) is 2. The summed E-state index contributed by atoms with van der Waals surface area (Å²) in [7, 11) is 0. The first kappa shape index (κ1) is 14.8. The predicted octanol–water partition coefficient (Wildman–Crippen LogP) is 3.69. The maximum atomic E-state index is 11.6. The van der Waals surface area contributed by atoms with Crippen molar-refractivity contribution in [2.45, 2.75) is 26.7 Å². The van der Waals surface area contributed by atoms with Gasteiger partial charge < -0.3 is 14.8 Å². The molecule has 0 radical (unpaired) electrons. The SMILES string of the molecule is CCCC(=O)Nc1ccc(C)c(-c2ccc(C(=O)O)o2)c1. The summed E-state index contributed by atoms with van der Waals surface area (Å²) in [6, 6.07) is 8.49. The normalized spacial score (nSPS) is 10.4. The molecule has 1 aromatic carbocycles. The van der Waals surface area contributed by atoms with Crippen LogP contribution in [0.2, 0.25) is 0 Å². The van der Waals surface area contributed by atoms with Gasteiger partial charge in [0.25, 0.3) is 0 Å². The van der Waals surface area contributed by atoms with Crippen LogP contribution in [0.15, 0.2) is 34.7 Å². The third-order valence-electron chi connectivity index (χ3n) is 3.08. The molecule has 5 nitrogen and oxygen atoms in total. The Balaban J connectivity index is 2.30. The summed E-state index contributed by atoms with van der Waals surface area (Å²) >= 11 is 0. The molecule has 0 aliphatic carbocycles.